The third kappa shape index (κ3) is 2.59. The highest BCUT2D eigenvalue weighted by molar-refractivity contribution is 7.10. The second kappa shape index (κ2) is 5.79. The number of hydrogen-bond acceptors (Lipinski definition) is 4. The molecular formula is C15H12Cl2N2OS. The van der Waals surface area contributed by atoms with Crippen LogP contribution in [-0.4, -0.2) is 12.0 Å². The molecule has 0 spiro atoms. The molecule has 2 heterocycles. The molecular weight excluding hydrogens is 327 g/mol. The van der Waals surface area contributed by atoms with Crippen LogP contribution in [0.15, 0.2) is 40.8 Å². The van der Waals surface area contributed by atoms with Gasteiger partial charge in [0, 0.05) is 15.8 Å². The van der Waals surface area contributed by atoms with Gasteiger partial charge < -0.3 is 0 Å². The van der Waals surface area contributed by atoms with Gasteiger partial charge in [-0.2, -0.15) is 5.10 Å². The van der Waals surface area contributed by atoms with Gasteiger partial charge >= 0.3 is 0 Å². The molecule has 21 heavy (non-hydrogen) atoms. The number of thiophene rings is 1. The molecule has 1 aliphatic rings. The summed E-state index contributed by atoms with van der Waals surface area (Å²) in [4.78, 5) is 12.4. The lowest BCUT2D eigenvalue weighted by Gasteiger charge is -2.26. The number of halogens is 2. The molecule has 0 amide bonds. The number of hydrogen-bond donors (Lipinski definition) is 0. The van der Waals surface area contributed by atoms with Crippen LogP contribution < -0.4 is 5.01 Å². The number of rotatable bonds is 3. The van der Waals surface area contributed by atoms with Crippen molar-refractivity contribution < 1.29 is 4.79 Å². The highest BCUT2D eigenvalue weighted by Gasteiger charge is 2.37. The first kappa shape index (κ1) is 14.6. The third-order valence-electron chi connectivity index (χ3n) is 3.54. The lowest BCUT2D eigenvalue weighted by molar-refractivity contribution is -0.102. The van der Waals surface area contributed by atoms with Crippen LogP contribution in [0.5, 0.6) is 0 Å². The second-order valence-corrected chi connectivity index (χ2v) is 6.65. The molecule has 3 nitrogen and oxygen atoms in total. The maximum Gasteiger partial charge on any atom is 0.166 e. The number of aldehydes is 1. The summed E-state index contributed by atoms with van der Waals surface area (Å²) in [6.45, 7) is 2.00. The van der Waals surface area contributed by atoms with Gasteiger partial charge in [-0.05, 0) is 29.6 Å². The van der Waals surface area contributed by atoms with Gasteiger partial charge in [-0.3, -0.25) is 9.80 Å². The molecule has 0 aliphatic carbocycles. The lowest BCUT2D eigenvalue weighted by atomic mass is 9.97. The van der Waals surface area contributed by atoms with Crippen molar-refractivity contribution in [2.45, 2.75) is 13.0 Å². The molecule has 0 saturated heterocycles. The average molecular weight is 339 g/mol. The summed E-state index contributed by atoms with van der Waals surface area (Å²) in [5.41, 5.74) is 1.28. The number of benzene rings is 1. The summed E-state index contributed by atoms with van der Waals surface area (Å²) in [7, 11) is 0. The first-order valence-corrected chi connectivity index (χ1v) is 8.06. The van der Waals surface area contributed by atoms with Crippen LogP contribution in [0.1, 0.15) is 17.8 Å². The number of carbonyl (C=O) groups is 1. The molecule has 0 N–H and O–H groups in total. The molecule has 1 aromatic heterocycles. The molecule has 6 heteroatoms. The molecule has 2 aromatic rings. The van der Waals surface area contributed by atoms with Crippen molar-refractivity contribution in [3.8, 4) is 0 Å². The molecule has 1 aliphatic heterocycles. The van der Waals surface area contributed by atoms with E-state index in [2.05, 4.69) is 5.10 Å². The fourth-order valence-electron chi connectivity index (χ4n) is 2.48. The Kier molecular flexibility index (Phi) is 4.02. The second-order valence-electron chi connectivity index (χ2n) is 4.83. The Labute approximate surface area is 136 Å². The van der Waals surface area contributed by atoms with Crippen molar-refractivity contribution in [2.75, 3.05) is 5.01 Å². The van der Waals surface area contributed by atoms with Crippen LogP contribution in [0.2, 0.25) is 10.0 Å². The van der Waals surface area contributed by atoms with E-state index in [1.165, 1.54) is 0 Å². The predicted octanol–water partition coefficient (Wildman–Crippen LogP) is 4.81. The van der Waals surface area contributed by atoms with Crippen molar-refractivity contribution in [1.82, 2.24) is 0 Å². The molecule has 108 valence electrons. The highest BCUT2D eigenvalue weighted by atomic mass is 35.5. The van der Waals surface area contributed by atoms with Gasteiger partial charge in [-0.1, -0.05) is 36.2 Å². The topological polar surface area (TPSA) is 32.7 Å². The summed E-state index contributed by atoms with van der Waals surface area (Å²) >= 11 is 13.9. The summed E-state index contributed by atoms with van der Waals surface area (Å²) in [6.07, 6.45) is 0.815. The molecule has 0 fully saturated rings. The van der Waals surface area contributed by atoms with Crippen LogP contribution in [0.3, 0.4) is 0 Å². The van der Waals surface area contributed by atoms with Crippen LogP contribution in [0, 0.1) is 5.92 Å². The molecule has 0 radical (unpaired) electrons. The third-order valence-corrected chi connectivity index (χ3v) is 5.02. The number of carbonyl (C=O) groups excluding carboxylic acids is 1. The van der Waals surface area contributed by atoms with Gasteiger partial charge in [0.05, 0.1) is 16.8 Å². The zero-order chi connectivity index (χ0) is 15.0. The Hall–Kier alpha value is -1.36. The molecule has 0 bridgehead atoms. The Morgan fingerprint density at radius 2 is 2.14 bits per heavy atom. The minimum absolute atomic E-state index is 0.00731. The summed E-state index contributed by atoms with van der Waals surface area (Å²) < 4.78 is 0. The van der Waals surface area contributed by atoms with Crippen LogP contribution in [-0.2, 0) is 4.79 Å². The van der Waals surface area contributed by atoms with E-state index >= 15 is 0 Å². The Morgan fingerprint density at radius 1 is 1.33 bits per heavy atom. The fraction of sp³-hybridized carbons (Fsp3) is 0.200. The van der Waals surface area contributed by atoms with Crippen LogP contribution in [0.4, 0.5) is 5.69 Å². The summed E-state index contributed by atoms with van der Waals surface area (Å²) in [6, 6.07) is 9.30. The molecule has 0 unspecified atom stereocenters. The molecule has 1 aromatic carbocycles. The van der Waals surface area contributed by atoms with Gasteiger partial charge in [0.1, 0.15) is 5.71 Å². The normalized spacial score (nSPS) is 21.5. The van der Waals surface area contributed by atoms with E-state index in [0.29, 0.717) is 15.8 Å². The van der Waals surface area contributed by atoms with E-state index in [0.717, 1.165) is 16.9 Å². The number of nitrogens with zero attached hydrogens (tertiary/aromatic N) is 2. The Bertz CT molecular complexity index is 700. The summed E-state index contributed by atoms with van der Waals surface area (Å²) in [5.74, 6) is 0.00731. The Morgan fingerprint density at radius 3 is 2.76 bits per heavy atom. The van der Waals surface area contributed by atoms with Gasteiger partial charge in [0.2, 0.25) is 0 Å². The number of anilines is 1. The highest BCUT2D eigenvalue weighted by Crippen LogP contribution is 2.43. The molecule has 3 rings (SSSR count). The van der Waals surface area contributed by atoms with Crippen molar-refractivity contribution in [1.29, 1.82) is 0 Å². The maximum absolute atomic E-state index is 11.2. The molecule has 0 saturated carbocycles. The van der Waals surface area contributed by atoms with Gasteiger partial charge in [0.15, 0.2) is 6.29 Å². The van der Waals surface area contributed by atoms with E-state index in [-0.39, 0.29) is 12.0 Å². The first-order valence-electron chi connectivity index (χ1n) is 6.43. The zero-order valence-electron chi connectivity index (χ0n) is 11.2. The smallest absolute Gasteiger partial charge is 0.166 e. The van der Waals surface area contributed by atoms with Gasteiger partial charge in [-0.25, -0.2) is 0 Å². The Balaban J connectivity index is 2.08. The SMILES string of the molecule is C[C@H]1C(C=O)=NN(c2ccc(Cl)cc2Cl)[C@H]1c1cccs1. The van der Waals surface area contributed by atoms with Crippen LogP contribution >= 0.6 is 34.5 Å². The maximum atomic E-state index is 11.2. The minimum Gasteiger partial charge on any atom is -0.296 e. The summed E-state index contributed by atoms with van der Waals surface area (Å²) in [5, 5.41) is 9.37. The van der Waals surface area contributed by atoms with Crippen molar-refractivity contribution in [3.05, 3.63) is 50.6 Å². The quantitative estimate of drug-likeness (QED) is 0.752. The van der Waals surface area contributed by atoms with E-state index < -0.39 is 0 Å². The van der Waals surface area contributed by atoms with E-state index in [9.17, 15) is 4.79 Å². The van der Waals surface area contributed by atoms with E-state index in [1.807, 2.05) is 35.5 Å². The minimum atomic E-state index is -0.0242. The van der Waals surface area contributed by atoms with Crippen molar-refractivity contribution in [2.24, 2.45) is 11.0 Å². The van der Waals surface area contributed by atoms with Crippen molar-refractivity contribution in [3.63, 3.8) is 0 Å². The van der Waals surface area contributed by atoms with E-state index in [1.54, 1.807) is 23.5 Å². The average Bonchev–Trinajstić information content (AvgIpc) is 3.06. The predicted molar refractivity (Wildman–Crippen MR) is 88.7 cm³/mol. The monoisotopic (exact) mass is 338 g/mol. The van der Waals surface area contributed by atoms with E-state index in [4.69, 9.17) is 23.2 Å². The van der Waals surface area contributed by atoms with Crippen LogP contribution in [0.25, 0.3) is 0 Å². The van der Waals surface area contributed by atoms with Gasteiger partial charge in [0.25, 0.3) is 0 Å². The zero-order valence-corrected chi connectivity index (χ0v) is 13.5. The largest absolute Gasteiger partial charge is 0.296 e. The lowest BCUT2D eigenvalue weighted by Crippen LogP contribution is -2.23. The standard InChI is InChI=1S/C15H12Cl2N2OS/c1-9-12(8-20)18-19(15(9)14-3-2-6-21-14)13-5-4-10(16)7-11(13)17/h2-9,15H,1H3/t9-,15+/m0/s1. The van der Waals surface area contributed by atoms with Gasteiger partial charge in [-0.15, -0.1) is 11.3 Å². The number of hydrazone groups is 1. The first-order chi connectivity index (χ1) is 10.1. The van der Waals surface area contributed by atoms with Crippen molar-refractivity contribution >= 4 is 52.2 Å². The molecule has 2 atom stereocenters. The fourth-order valence-corrected chi connectivity index (χ4v) is 3.89.